The Kier molecular flexibility index (Phi) is 2.29. The highest BCUT2D eigenvalue weighted by atomic mass is 32.1. The van der Waals surface area contributed by atoms with Crippen molar-refractivity contribution in [3.63, 3.8) is 0 Å². The molecule has 1 aromatic heterocycles. The van der Waals surface area contributed by atoms with Crippen molar-refractivity contribution >= 4 is 24.4 Å². The Morgan fingerprint density at radius 2 is 2.20 bits per heavy atom. The van der Waals surface area contributed by atoms with Crippen LogP contribution in [0, 0.1) is 9.41 Å². The van der Waals surface area contributed by atoms with Crippen LogP contribution >= 0.6 is 24.4 Å². The van der Waals surface area contributed by atoms with Crippen LogP contribution in [-0.2, 0) is 6.42 Å². The summed E-state index contributed by atoms with van der Waals surface area (Å²) < 4.78 is 1.11. The lowest BCUT2D eigenvalue weighted by Gasteiger charge is -1.92. The Bertz CT molecular complexity index is 324. The molecule has 2 N–H and O–H groups in total. The first kappa shape index (κ1) is 7.56. The van der Waals surface area contributed by atoms with E-state index in [9.17, 15) is 0 Å². The van der Waals surface area contributed by atoms with Crippen molar-refractivity contribution in [1.29, 1.82) is 0 Å². The number of H-pyrrole nitrogens is 2. The van der Waals surface area contributed by atoms with Gasteiger partial charge in [0.2, 0.25) is 0 Å². The second-order valence-electron chi connectivity index (χ2n) is 1.81. The standard InChI is InChI=1S/C5H7N3S2/c1-2-3-4(9)6-5(10)8-7-3/h2H2,1H3,(H2,6,8,9,10). The molecule has 54 valence electrons. The second kappa shape index (κ2) is 3.03. The highest BCUT2D eigenvalue weighted by molar-refractivity contribution is 7.72. The van der Waals surface area contributed by atoms with Crippen molar-refractivity contribution in [2.45, 2.75) is 13.3 Å². The van der Waals surface area contributed by atoms with Crippen LogP contribution in [-0.4, -0.2) is 15.2 Å². The molecule has 0 spiro atoms. The molecule has 0 atom stereocenters. The number of nitrogens with one attached hydrogen (secondary N) is 2. The van der Waals surface area contributed by atoms with Crippen LogP contribution in [0.2, 0.25) is 0 Å². The average molecular weight is 173 g/mol. The van der Waals surface area contributed by atoms with Gasteiger partial charge in [0.15, 0.2) is 4.77 Å². The Morgan fingerprint density at radius 1 is 1.50 bits per heavy atom. The van der Waals surface area contributed by atoms with Gasteiger partial charge >= 0.3 is 0 Å². The second-order valence-corrected chi connectivity index (χ2v) is 2.62. The molecule has 0 fully saturated rings. The SMILES string of the molecule is CCc1n[nH]c(=S)[nH]c1=S. The minimum atomic E-state index is 0.474. The van der Waals surface area contributed by atoms with Crippen LogP contribution in [0.25, 0.3) is 0 Å². The van der Waals surface area contributed by atoms with Crippen LogP contribution in [0.4, 0.5) is 0 Å². The molecule has 0 bridgehead atoms. The van der Waals surface area contributed by atoms with Crippen LogP contribution in [0.1, 0.15) is 12.6 Å². The zero-order chi connectivity index (χ0) is 7.56. The van der Waals surface area contributed by atoms with Gasteiger partial charge in [-0.05, 0) is 18.6 Å². The van der Waals surface area contributed by atoms with E-state index in [1.54, 1.807) is 0 Å². The number of aromatic amines is 2. The number of hydrogen-bond acceptors (Lipinski definition) is 3. The fraction of sp³-hybridized carbons (Fsp3) is 0.400. The van der Waals surface area contributed by atoms with E-state index in [0.717, 1.165) is 12.1 Å². The zero-order valence-corrected chi connectivity index (χ0v) is 7.10. The highest BCUT2D eigenvalue weighted by Gasteiger charge is 1.91. The van der Waals surface area contributed by atoms with Gasteiger partial charge in [-0.25, -0.2) is 0 Å². The molecule has 10 heavy (non-hydrogen) atoms. The quantitative estimate of drug-likeness (QED) is 0.636. The predicted molar refractivity (Wildman–Crippen MR) is 44.0 cm³/mol. The first-order valence-corrected chi connectivity index (χ1v) is 3.73. The van der Waals surface area contributed by atoms with E-state index < -0.39 is 0 Å². The van der Waals surface area contributed by atoms with Crippen molar-refractivity contribution in [2.24, 2.45) is 0 Å². The topological polar surface area (TPSA) is 44.5 Å². The maximum absolute atomic E-state index is 4.93. The maximum atomic E-state index is 4.93. The molecule has 0 aliphatic heterocycles. The maximum Gasteiger partial charge on any atom is 0.192 e. The molecule has 5 heteroatoms. The smallest absolute Gasteiger partial charge is 0.192 e. The monoisotopic (exact) mass is 173 g/mol. The molecule has 0 aliphatic carbocycles. The molecule has 1 rings (SSSR count). The van der Waals surface area contributed by atoms with E-state index in [-0.39, 0.29) is 0 Å². The Labute approximate surface area is 68.5 Å². The third kappa shape index (κ3) is 1.48. The Hall–Kier alpha value is -0.550. The lowest BCUT2D eigenvalue weighted by atomic mass is 10.4. The average Bonchev–Trinajstić information content (AvgIpc) is 1.88. The molecular formula is C5H7N3S2. The summed E-state index contributed by atoms with van der Waals surface area (Å²) in [4.78, 5) is 2.80. The molecule has 0 radical (unpaired) electrons. The summed E-state index contributed by atoms with van der Waals surface area (Å²) in [5.41, 5.74) is 0.851. The van der Waals surface area contributed by atoms with Crippen molar-refractivity contribution < 1.29 is 0 Å². The number of aromatic nitrogens is 3. The molecule has 0 saturated carbocycles. The van der Waals surface area contributed by atoms with Gasteiger partial charge in [0.05, 0.1) is 5.69 Å². The lowest BCUT2D eigenvalue weighted by molar-refractivity contribution is 0.855. The Balaban J connectivity index is 3.34. The molecule has 0 amide bonds. The highest BCUT2D eigenvalue weighted by Crippen LogP contribution is 1.93. The Morgan fingerprint density at radius 3 is 2.70 bits per heavy atom. The van der Waals surface area contributed by atoms with E-state index in [1.807, 2.05) is 6.92 Å². The van der Waals surface area contributed by atoms with E-state index in [2.05, 4.69) is 15.2 Å². The number of aryl methyl sites for hydroxylation is 1. The van der Waals surface area contributed by atoms with Gasteiger partial charge in [-0.3, -0.25) is 5.10 Å². The summed E-state index contributed by atoms with van der Waals surface area (Å²) in [6.07, 6.45) is 0.821. The van der Waals surface area contributed by atoms with E-state index in [0.29, 0.717) is 9.41 Å². The normalized spacial score (nSPS) is 9.70. The van der Waals surface area contributed by atoms with E-state index in [1.165, 1.54) is 0 Å². The van der Waals surface area contributed by atoms with Gasteiger partial charge in [0.25, 0.3) is 0 Å². The summed E-state index contributed by atoms with van der Waals surface area (Å²) in [6, 6.07) is 0. The first-order chi connectivity index (χ1) is 4.74. The number of nitrogens with zero attached hydrogens (tertiary/aromatic N) is 1. The molecule has 0 aromatic carbocycles. The molecule has 0 aliphatic rings. The van der Waals surface area contributed by atoms with Crippen molar-refractivity contribution in [1.82, 2.24) is 15.2 Å². The lowest BCUT2D eigenvalue weighted by Crippen LogP contribution is -1.94. The zero-order valence-electron chi connectivity index (χ0n) is 5.47. The summed E-state index contributed by atoms with van der Waals surface area (Å²) in [5.74, 6) is 0. The van der Waals surface area contributed by atoms with Crippen LogP contribution in [0.3, 0.4) is 0 Å². The van der Waals surface area contributed by atoms with E-state index >= 15 is 0 Å². The molecule has 1 heterocycles. The van der Waals surface area contributed by atoms with Gasteiger partial charge < -0.3 is 4.98 Å². The largest absolute Gasteiger partial charge is 0.321 e. The fourth-order valence-electron chi connectivity index (χ4n) is 0.612. The molecule has 0 unspecified atom stereocenters. The number of rotatable bonds is 1. The van der Waals surface area contributed by atoms with E-state index in [4.69, 9.17) is 24.4 Å². The summed E-state index contributed by atoms with van der Waals surface area (Å²) >= 11 is 9.70. The first-order valence-electron chi connectivity index (χ1n) is 2.92. The van der Waals surface area contributed by atoms with Gasteiger partial charge in [-0.2, -0.15) is 5.10 Å². The van der Waals surface area contributed by atoms with Gasteiger partial charge in [0.1, 0.15) is 4.64 Å². The third-order valence-corrected chi connectivity index (χ3v) is 1.65. The third-order valence-electron chi connectivity index (χ3n) is 1.12. The van der Waals surface area contributed by atoms with Gasteiger partial charge in [0, 0.05) is 0 Å². The fourth-order valence-corrected chi connectivity index (χ4v) is 1.12. The van der Waals surface area contributed by atoms with Gasteiger partial charge in [-0.1, -0.05) is 19.1 Å². The minimum absolute atomic E-state index is 0.474. The molecule has 0 saturated heterocycles. The van der Waals surface area contributed by atoms with Crippen LogP contribution in [0.5, 0.6) is 0 Å². The van der Waals surface area contributed by atoms with Crippen molar-refractivity contribution in [3.05, 3.63) is 15.1 Å². The molecule has 3 nitrogen and oxygen atoms in total. The number of hydrogen-bond donors (Lipinski definition) is 2. The van der Waals surface area contributed by atoms with Crippen LogP contribution < -0.4 is 0 Å². The van der Waals surface area contributed by atoms with Crippen molar-refractivity contribution in [2.75, 3.05) is 0 Å². The summed E-state index contributed by atoms with van der Waals surface area (Å²) in [5, 5.41) is 6.57. The molecular weight excluding hydrogens is 166 g/mol. The summed E-state index contributed by atoms with van der Waals surface area (Å²) in [7, 11) is 0. The predicted octanol–water partition coefficient (Wildman–Crippen LogP) is 1.76. The minimum Gasteiger partial charge on any atom is -0.321 e. The van der Waals surface area contributed by atoms with Crippen molar-refractivity contribution in [3.8, 4) is 0 Å². The summed E-state index contributed by atoms with van der Waals surface area (Å²) in [6.45, 7) is 1.99. The van der Waals surface area contributed by atoms with Crippen LogP contribution in [0.15, 0.2) is 0 Å². The molecule has 1 aromatic rings. The van der Waals surface area contributed by atoms with Gasteiger partial charge in [-0.15, -0.1) is 0 Å².